The number of rotatable bonds is 2. The van der Waals surface area contributed by atoms with E-state index in [0.717, 1.165) is 25.7 Å². The summed E-state index contributed by atoms with van der Waals surface area (Å²) in [6, 6.07) is 0.468. The second kappa shape index (κ2) is 4.79. The van der Waals surface area contributed by atoms with Gasteiger partial charge in [0.1, 0.15) is 0 Å². The molecular formula is C12H23NOS. The fourth-order valence-electron chi connectivity index (χ4n) is 1.94. The normalized spacial score (nSPS) is 22.1. The molecule has 1 aliphatic rings. The zero-order valence-corrected chi connectivity index (χ0v) is 11.2. The van der Waals surface area contributed by atoms with Gasteiger partial charge in [0.05, 0.1) is 15.7 Å². The Morgan fingerprint density at radius 1 is 1.33 bits per heavy atom. The van der Waals surface area contributed by atoms with E-state index in [1.54, 1.807) is 0 Å². The minimum atomic E-state index is -0.887. The van der Waals surface area contributed by atoms with E-state index in [4.69, 9.17) is 0 Å². The van der Waals surface area contributed by atoms with E-state index in [1.807, 2.05) is 32.1 Å². The maximum atomic E-state index is 12.2. The molecule has 0 aliphatic heterocycles. The maximum Gasteiger partial charge on any atom is 0.0997 e. The van der Waals surface area contributed by atoms with E-state index in [9.17, 15) is 4.21 Å². The summed E-state index contributed by atoms with van der Waals surface area (Å²) in [5, 5.41) is 0. The van der Waals surface area contributed by atoms with Crippen LogP contribution in [0.1, 0.15) is 46.5 Å². The van der Waals surface area contributed by atoms with Crippen LogP contribution in [0.2, 0.25) is 0 Å². The highest BCUT2D eigenvalue weighted by Crippen LogP contribution is 2.28. The Bertz CT molecular complexity index is 257. The summed E-state index contributed by atoms with van der Waals surface area (Å²) in [7, 11) is 1.10. The predicted octanol–water partition coefficient (Wildman–Crippen LogP) is 2.88. The minimum absolute atomic E-state index is 0.150. The Morgan fingerprint density at radius 3 is 2.20 bits per heavy atom. The van der Waals surface area contributed by atoms with Crippen molar-refractivity contribution in [2.75, 3.05) is 7.05 Å². The zero-order valence-electron chi connectivity index (χ0n) is 10.4. The molecule has 15 heavy (non-hydrogen) atoms. The van der Waals surface area contributed by atoms with E-state index < -0.39 is 11.0 Å². The highest BCUT2D eigenvalue weighted by Gasteiger charge is 2.29. The average molecular weight is 229 g/mol. The fourth-order valence-corrected chi connectivity index (χ4v) is 3.29. The van der Waals surface area contributed by atoms with Gasteiger partial charge in [-0.05, 0) is 46.5 Å². The van der Waals surface area contributed by atoms with Crippen LogP contribution in [0.4, 0.5) is 0 Å². The van der Waals surface area contributed by atoms with Crippen molar-refractivity contribution in [2.24, 2.45) is 0 Å². The Kier molecular flexibility index (Phi) is 4.13. The van der Waals surface area contributed by atoms with Crippen molar-refractivity contribution < 1.29 is 4.21 Å². The quantitative estimate of drug-likeness (QED) is 0.667. The summed E-state index contributed by atoms with van der Waals surface area (Å²) in [6.45, 7) is 10.1. The van der Waals surface area contributed by atoms with Crippen LogP contribution in [0.5, 0.6) is 0 Å². The highest BCUT2D eigenvalue weighted by molar-refractivity contribution is 7.84. The molecule has 0 N–H and O–H groups in total. The second-order valence-electron chi connectivity index (χ2n) is 5.39. The molecule has 0 spiro atoms. The van der Waals surface area contributed by atoms with Crippen LogP contribution in [0, 0.1) is 0 Å². The zero-order chi connectivity index (χ0) is 11.6. The van der Waals surface area contributed by atoms with Gasteiger partial charge >= 0.3 is 0 Å². The lowest BCUT2D eigenvalue weighted by Gasteiger charge is -2.34. The molecule has 1 fully saturated rings. The van der Waals surface area contributed by atoms with Crippen molar-refractivity contribution in [2.45, 2.75) is 57.2 Å². The van der Waals surface area contributed by atoms with Gasteiger partial charge < -0.3 is 0 Å². The molecule has 1 atom stereocenters. The molecule has 0 amide bonds. The van der Waals surface area contributed by atoms with Crippen LogP contribution < -0.4 is 0 Å². The smallest absolute Gasteiger partial charge is 0.0997 e. The number of hydrogen-bond donors (Lipinski definition) is 0. The molecule has 0 aromatic rings. The van der Waals surface area contributed by atoms with Crippen molar-refractivity contribution >= 4 is 11.0 Å². The monoisotopic (exact) mass is 229 g/mol. The summed E-state index contributed by atoms with van der Waals surface area (Å²) in [4.78, 5) is 0. The van der Waals surface area contributed by atoms with Crippen molar-refractivity contribution in [3.05, 3.63) is 12.2 Å². The Balaban J connectivity index is 2.57. The third-order valence-corrected chi connectivity index (χ3v) is 4.83. The van der Waals surface area contributed by atoms with E-state index in [-0.39, 0.29) is 4.75 Å². The van der Waals surface area contributed by atoms with Gasteiger partial charge in [0.25, 0.3) is 0 Å². The van der Waals surface area contributed by atoms with Gasteiger partial charge in [0.15, 0.2) is 0 Å². The van der Waals surface area contributed by atoms with Gasteiger partial charge in [-0.3, -0.25) is 0 Å². The molecule has 0 aromatic heterocycles. The van der Waals surface area contributed by atoms with Crippen LogP contribution in [-0.2, 0) is 11.0 Å². The summed E-state index contributed by atoms with van der Waals surface area (Å²) in [6.07, 6.45) is 4.40. The molecule has 1 rings (SSSR count). The van der Waals surface area contributed by atoms with E-state index in [0.29, 0.717) is 6.04 Å². The largest absolute Gasteiger partial charge is 0.242 e. The predicted molar refractivity (Wildman–Crippen MR) is 67.1 cm³/mol. The lowest BCUT2D eigenvalue weighted by molar-refractivity contribution is 0.321. The Labute approximate surface area is 96.3 Å². The van der Waals surface area contributed by atoms with Gasteiger partial charge in [-0.25, -0.2) is 8.51 Å². The molecule has 0 bridgehead atoms. The van der Waals surface area contributed by atoms with Crippen LogP contribution in [0.3, 0.4) is 0 Å². The molecule has 3 heteroatoms. The first-order valence-corrected chi connectivity index (χ1v) is 6.74. The molecule has 0 saturated heterocycles. The van der Waals surface area contributed by atoms with Crippen LogP contribution in [0.15, 0.2) is 12.2 Å². The molecule has 1 unspecified atom stereocenters. The van der Waals surface area contributed by atoms with Gasteiger partial charge in [0, 0.05) is 13.1 Å². The molecule has 0 aromatic carbocycles. The lowest BCUT2D eigenvalue weighted by atomic mass is 9.92. The molecule has 0 radical (unpaired) electrons. The highest BCUT2D eigenvalue weighted by atomic mass is 32.2. The first kappa shape index (κ1) is 12.9. The van der Waals surface area contributed by atoms with Crippen molar-refractivity contribution in [1.29, 1.82) is 0 Å². The lowest BCUT2D eigenvalue weighted by Crippen LogP contribution is -2.42. The van der Waals surface area contributed by atoms with E-state index >= 15 is 0 Å². The third kappa shape index (κ3) is 3.42. The van der Waals surface area contributed by atoms with E-state index in [1.165, 1.54) is 5.57 Å². The Morgan fingerprint density at radius 2 is 1.80 bits per heavy atom. The molecule has 0 heterocycles. The van der Waals surface area contributed by atoms with E-state index in [2.05, 4.69) is 6.58 Å². The summed E-state index contributed by atoms with van der Waals surface area (Å²) < 4.78 is 14.1. The van der Waals surface area contributed by atoms with Gasteiger partial charge in [-0.2, -0.15) is 0 Å². The maximum absolute atomic E-state index is 12.2. The molecular weight excluding hydrogens is 206 g/mol. The van der Waals surface area contributed by atoms with Crippen LogP contribution in [0.25, 0.3) is 0 Å². The van der Waals surface area contributed by atoms with Gasteiger partial charge in [-0.15, -0.1) is 0 Å². The standard InChI is InChI=1S/C12H23NOS/c1-10-6-8-11(9-7-10)13(5)15(14)12(2,3)4/h11H,1,6-9H2,2-5H3. The van der Waals surface area contributed by atoms with Crippen molar-refractivity contribution in [3.63, 3.8) is 0 Å². The minimum Gasteiger partial charge on any atom is -0.242 e. The topological polar surface area (TPSA) is 20.3 Å². The third-order valence-electron chi connectivity index (χ3n) is 2.96. The van der Waals surface area contributed by atoms with Crippen LogP contribution in [-0.4, -0.2) is 26.4 Å². The first-order chi connectivity index (χ1) is 6.82. The fraction of sp³-hybridized carbons (Fsp3) is 0.833. The SMILES string of the molecule is C=C1CCC(N(C)S(=O)C(C)(C)C)CC1. The van der Waals surface area contributed by atoms with Crippen LogP contribution >= 0.6 is 0 Å². The van der Waals surface area contributed by atoms with Crippen molar-refractivity contribution in [3.8, 4) is 0 Å². The average Bonchev–Trinajstić information content (AvgIpc) is 2.15. The molecule has 88 valence electrons. The summed E-state index contributed by atoms with van der Waals surface area (Å²) >= 11 is 0. The molecule has 2 nitrogen and oxygen atoms in total. The summed E-state index contributed by atoms with van der Waals surface area (Å²) in [5.74, 6) is 0. The Hall–Kier alpha value is -0.150. The van der Waals surface area contributed by atoms with Gasteiger partial charge in [0.2, 0.25) is 0 Å². The second-order valence-corrected chi connectivity index (χ2v) is 7.69. The first-order valence-electron chi connectivity index (χ1n) is 5.64. The number of nitrogens with zero attached hydrogens (tertiary/aromatic N) is 1. The number of allylic oxidation sites excluding steroid dienone is 1. The van der Waals surface area contributed by atoms with Gasteiger partial charge in [-0.1, -0.05) is 12.2 Å². The molecule has 1 saturated carbocycles. The molecule has 1 aliphatic carbocycles. The summed E-state index contributed by atoms with van der Waals surface area (Å²) in [5.41, 5.74) is 1.35. The number of hydrogen-bond acceptors (Lipinski definition) is 1. The van der Waals surface area contributed by atoms with Crippen molar-refractivity contribution in [1.82, 2.24) is 4.31 Å².